The summed E-state index contributed by atoms with van der Waals surface area (Å²) in [6.45, 7) is 2.89. The van der Waals surface area contributed by atoms with Crippen molar-refractivity contribution in [2.75, 3.05) is 31.1 Å². The molecule has 3 rings (SSSR count). The maximum atomic E-state index is 13.8. The number of carbonyl (C=O) groups is 3. The fourth-order valence-electron chi connectivity index (χ4n) is 3.53. The highest BCUT2D eigenvalue weighted by Gasteiger charge is 2.36. The Morgan fingerprint density at radius 2 is 1.89 bits per heavy atom. The number of benzene rings is 1. The predicted molar refractivity (Wildman–Crippen MR) is 97.6 cm³/mol. The Labute approximate surface area is 158 Å². The maximum Gasteiger partial charge on any atom is 0.311 e. The molecule has 2 amide bonds. The molecular weight excluding hydrogens is 351 g/mol. The molecule has 0 aliphatic carbocycles. The Morgan fingerprint density at radius 3 is 2.56 bits per heavy atom. The summed E-state index contributed by atoms with van der Waals surface area (Å²) in [6, 6.07) is 4.56. The van der Waals surface area contributed by atoms with E-state index in [2.05, 4.69) is 0 Å². The minimum Gasteiger partial charge on any atom is -0.455 e. The largest absolute Gasteiger partial charge is 0.455 e. The van der Waals surface area contributed by atoms with Crippen LogP contribution in [0.3, 0.4) is 0 Å². The van der Waals surface area contributed by atoms with Gasteiger partial charge in [-0.25, -0.2) is 4.39 Å². The molecule has 2 heterocycles. The molecule has 1 aromatic carbocycles. The summed E-state index contributed by atoms with van der Waals surface area (Å²) in [7, 11) is 0. The minimum atomic E-state index is -0.640. The molecule has 2 aliphatic heterocycles. The van der Waals surface area contributed by atoms with Crippen LogP contribution in [0, 0.1) is 18.7 Å². The number of anilines is 1. The van der Waals surface area contributed by atoms with Gasteiger partial charge in [0.15, 0.2) is 6.61 Å². The molecule has 0 saturated carbocycles. The number of ether oxygens (including phenoxy) is 1. The van der Waals surface area contributed by atoms with E-state index < -0.39 is 17.7 Å². The summed E-state index contributed by atoms with van der Waals surface area (Å²) in [6.07, 6.45) is 4.18. The van der Waals surface area contributed by atoms with Crippen molar-refractivity contribution in [1.82, 2.24) is 4.90 Å². The smallest absolute Gasteiger partial charge is 0.311 e. The Morgan fingerprint density at radius 1 is 1.19 bits per heavy atom. The van der Waals surface area contributed by atoms with Crippen LogP contribution in [0.1, 0.15) is 37.7 Å². The lowest BCUT2D eigenvalue weighted by molar-refractivity contribution is -0.155. The monoisotopic (exact) mass is 376 g/mol. The van der Waals surface area contributed by atoms with Gasteiger partial charge in [-0.05, 0) is 37.5 Å². The van der Waals surface area contributed by atoms with Gasteiger partial charge in [-0.15, -0.1) is 0 Å². The molecule has 0 bridgehead atoms. The average molecular weight is 376 g/mol. The molecule has 0 aromatic heterocycles. The molecule has 1 atom stereocenters. The first kappa shape index (κ1) is 19.3. The first-order chi connectivity index (χ1) is 13.0. The summed E-state index contributed by atoms with van der Waals surface area (Å²) in [5.74, 6) is -2.03. The van der Waals surface area contributed by atoms with Crippen LogP contribution in [0.4, 0.5) is 10.1 Å². The number of halogens is 1. The van der Waals surface area contributed by atoms with Crippen LogP contribution in [0.2, 0.25) is 0 Å². The van der Waals surface area contributed by atoms with Crippen molar-refractivity contribution in [1.29, 1.82) is 0 Å². The van der Waals surface area contributed by atoms with E-state index in [0.717, 1.165) is 25.7 Å². The van der Waals surface area contributed by atoms with Crippen LogP contribution in [0.15, 0.2) is 18.2 Å². The Balaban J connectivity index is 1.54. The maximum absolute atomic E-state index is 13.8. The second kappa shape index (κ2) is 8.50. The minimum absolute atomic E-state index is 0.00618. The van der Waals surface area contributed by atoms with Crippen molar-refractivity contribution in [3.05, 3.63) is 29.6 Å². The predicted octanol–water partition coefficient (Wildman–Crippen LogP) is 2.43. The third kappa shape index (κ3) is 4.64. The van der Waals surface area contributed by atoms with E-state index in [1.165, 1.54) is 11.0 Å². The van der Waals surface area contributed by atoms with Crippen molar-refractivity contribution in [3.63, 3.8) is 0 Å². The van der Waals surface area contributed by atoms with E-state index in [4.69, 9.17) is 4.74 Å². The van der Waals surface area contributed by atoms with E-state index in [0.29, 0.717) is 24.3 Å². The molecule has 2 aliphatic rings. The van der Waals surface area contributed by atoms with Gasteiger partial charge < -0.3 is 14.5 Å². The van der Waals surface area contributed by atoms with Gasteiger partial charge in [0.1, 0.15) is 5.82 Å². The second-order valence-electron chi connectivity index (χ2n) is 7.24. The van der Waals surface area contributed by atoms with Gasteiger partial charge in [0.05, 0.1) is 5.92 Å². The van der Waals surface area contributed by atoms with Gasteiger partial charge in [0.25, 0.3) is 5.91 Å². The second-order valence-corrected chi connectivity index (χ2v) is 7.24. The molecule has 6 nitrogen and oxygen atoms in total. The highest BCUT2D eigenvalue weighted by molar-refractivity contribution is 5.99. The molecule has 146 valence electrons. The van der Waals surface area contributed by atoms with Gasteiger partial charge in [-0.2, -0.15) is 0 Å². The Bertz CT molecular complexity index is 729. The number of likely N-dealkylation sites (tertiary alicyclic amines) is 1. The zero-order valence-electron chi connectivity index (χ0n) is 15.6. The van der Waals surface area contributed by atoms with Crippen molar-refractivity contribution >= 4 is 23.5 Å². The summed E-state index contributed by atoms with van der Waals surface area (Å²) in [4.78, 5) is 39.9. The lowest BCUT2D eigenvalue weighted by Gasteiger charge is -2.20. The van der Waals surface area contributed by atoms with E-state index in [1.54, 1.807) is 24.0 Å². The summed E-state index contributed by atoms with van der Waals surface area (Å²) in [5, 5.41) is 0. The number of amides is 2. The van der Waals surface area contributed by atoms with Crippen LogP contribution in [-0.4, -0.2) is 48.9 Å². The van der Waals surface area contributed by atoms with Crippen molar-refractivity contribution < 1.29 is 23.5 Å². The fraction of sp³-hybridized carbons (Fsp3) is 0.550. The molecule has 1 aromatic rings. The third-order valence-electron chi connectivity index (χ3n) is 5.22. The molecule has 0 spiro atoms. The van der Waals surface area contributed by atoms with Gasteiger partial charge in [-0.3, -0.25) is 14.4 Å². The van der Waals surface area contributed by atoms with Crippen molar-refractivity contribution in [3.8, 4) is 0 Å². The lowest BCUT2D eigenvalue weighted by atomic mass is 10.1. The van der Waals surface area contributed by atoms with Crippen LogP contribution in [0.5, 0.6) is 0 Å². The standard InChI is InChI=1S/C20H25FN2O4/c1-14-6-7-16(11-17(14)21)23-12-15(10-18(23)24)20(26)27-13-19(25)22-8-4-2-3-5-9-22/h6-7,11,15H,2-5,8-10,12-13H2,1H3/t15-/m0/s1. The fourth-order valence-corrected chi connectivity index (χ4v) is 3.53. The van der Waals surface area contributed by atoms with Crippen molar-refractivity contribution in [2.24, 2.45) is 5.92 Å². The SMILES string of the molecule is Cc1ccc(N2C[C@@H](C(=O)OCC(=O)N3CCCCCC3)CC2=O)cc1F. The summed E-state index contributed by atoms with van der Waals surface area (Å²) < 4.78 is 18.9. The summed E-state index contributed by atoms with van der Waals surface area (Å²) in [5.41, 5.74) is 0.924. The molecule has 7 heteroatoms. The van der Waals surface area contributed by atoms with Gasteiger partial charge >= 0.3 is 5.97 Å². The van der Waals surface area contributed by atoms with Crippen LogP contribution in [0.25, 0.3) is 0 Å². The number of esters is 1. The molecule has 0 N–H and O–H groups in total. The van der Waals surface area contributed by atoms with E-state index in [-0.39, 0.29) is 31.4 Å². The average Bonchev–Trinajstić information content (AvgIpc) is 2.86. The Hall–Kier alpha value is -2.44. The number of hydrogen-bond acceptors (Lipinski definition) is 4. The van der Waals surface area contributed by atoms with Crippen LogP contribution < -0.4 is 4.90 Å². The number of aryl methyl sites for hydroxylation is 1. The normalized spacial score (nSPS) is 20.5. The first-order valence-corrected chi connectivity index (χ1v) is 9.46. The van der Waals surface area contributed by atoms with Gasteiger partial charge in [0, 0.05) is 31.7 Å². The highest BCUT2D eigenvalue weighted by Crippen LogP contribution is 2.27. The number of rotatable bonds is 4. The third-order valence-corrected chi connectivity index (χ3v) is 5.22. The highest BCUT2D eigenvalue weighted by atomic mass is 19.1. The molecule has 0 radical (unpaired) electrons. The van der Waals surface area contributed by atoms with Crippen LogP contribution >= 0.6 is 0 Å². The zero-order chi connectivity index (χ0) is 19.4. The first-order valence-electron chi connectivity index (χ1n) is 9.46. The summed E-state index contributed by atoms with van der Waals surface area (Å²) >= 11 is 0. The van der Waals surface area contributed by atoms with Crippen LogP contribution in [-0.2, 0) is 19.1 Å². The number of nitrogens with zero attached hydrogens (tertiary/aromatic N) is 2. The molecule has 0 unspecified atom stereocenters. The molecule has 27 heavy (non-hydrogen) atoms. The molecular formula is C20H25FN2O4. The number of carbonyl (C=O) groups excluding carboxylic acids is 3. The van der Waals surface area contributed by atoms with E-state index in [9.17, 15) is 18.8 Å². The van der Waals surface area contributed by atoms with Crippen molar-refractivity contribution in [2.45, 2.75) is 39.0 Å². The van der Waals surface area contributed by atoms with Gasteiger partial charge in [0.2, 0.25) is 5.91 Å². The van der Waals surface area contributed by atoms with Gasteiger partial charge in [-0.1, -0.05) is 18.9 Å². The Kier molecular flexibility index (Phi) is 6.08. The topological polar surface area (TPSA) is 66.9 Å². The molecule has 2 fully saturated rings. The lowest BCUT2D eigenvalue weighted by Crippen LogP contribution is -2.36. The van der Waals surface area contributed by atoms with E-state index in [1.807, 2.05) is 0 Å². The quantitative estimate of drug-likeness (QED) is 0.757. The molecule has 2 saturated heterocycles. The zero-order valence-corrected chi connectivity index (χ0v) is 15.6. The number of hydrogen-bond donors (Lipinski definition) is 0. The van der Waals surface area contributed by atoms with E-state index >= 15 is 0 Å².